The Hall–Kier alpha value is -4.68. The van der Waals surface area contributed by atoms with Crippen LogP contribution < -0.4 is 0 Å². The molecule has 0 bridgehead atoms. The van der Waals surface area contributed by atoms with Crippen molar-refractivity contribution in [1.82, 2.24) is 0 Å². The molecule has 0 amide bonds. The van der Waals surface area contributed by atoms with Gasteiger partial charge in [-0.05, 0) is 77.6 Å². The third kappa shape index (κ3) is 10.2. The highest BCUT2D eigenvalue weighted by Crippen LogP contribution is 2.30. The molecule has 0 saturated carbocycles. The van der Waals surface area contributed by atoms with Crippen LogP contribution in [0.2, 0.25) is 0 Å². The Morgan fingerprint density at radius 2 is 0.875 bits per heavy atom. The number of hydrogen-bond donors (Lipinski definition) is 0. The quantitative estimate of drug-likeness (QED) is 0.250. The molecular formula is C34H34O6. The van der Waals surface area contributed by atoms with Gasteiger partial charge in [0.25, 0.3) is 0 Å². The van der Waals surface area contributed by atoms with Crippen molar-refractivity contribution in [3.05, 3.63) is 107 Å². The molecule has 0 aliphatic heterocycles. The molecule has 0 fully saturated rings. The summed E-state index contributed by atoms with van der Waals surface area (Å²) < 4.78 is 22.2. The maximum absolute atomic E-state index is 12.7. The summed E-state index contributed by atoms with van der Waals surface area (Å²) in [5.41, 5.74) is 0.932. The summed E-state index contributed by atoms with van der Waals surface area (Å²) in [5.74, 6) is 12.2. The second-order valence-corrected chi connectivity index (χ2v) is 10.8. The molecule has 2 unspecified atom stereocenters. The highest BCUT2D eigenvalue weighted by Gasteiger charge is 2.28. The van der Waals surface area contributed by atoms with Gasteiger partial charge in [0, 0.05) is 22.3 Å². The van der Waals surface area contributed by atoms with Crippen LogP contribution in [-0.2, 0) is 18.9 Å². The first kappa shape index (κ1) is 29.9. The fourth-order valence-electron chi connectivity index (χ4n) is 3.41. The second-order valence-electron chi connectivity index (χ2n) is 10.8. The van der Waals surface area contributed by atoms with E-state index < -0.39 is 35.7 Å². The fraction of sp³-hybridized carbons (Fsp3) is 0.294. The largest absolute Gasteiger partial charge is 0.510 e. The van der Waals surface area contributed by atoms with Gasteiger partial charge in [-0.15, -0.1) is 0 Å². The van der Waals surface area contributed by atoms with Gasteiger partial charge in [0.15, 0.2) is 12.2 Å². The molecule has 0 heterocycles. The Balaban J connectivity index is 2.08. The molecule has 0 spiro atoms. The van der Waals surface area contributed by atoms with Gasteiger partial charge in [0.1, 0.15) is 11.2 Å². The van der Waals surface area contributed by atoms with Crippen LogP contribution in [0.5, 0.6) is 0 Å². The van der Waals surface area contributed by atoms with Crippen molar-refractivity contribution < 1.29 is 28.5 Å². The molecule has 0 aromatic heterocycles. The monoisotopic (exact) mass is 538 g/mol. The van der Waals surface area contributed by atoms with Crippen LogP contribution in [0.15, 0.2) is 84.9 Å². The van der Waals surface area contributed by atoms with E-state index in [1.54, 1.807) is 65.8 Å². The van der Waals surface area contributed by atoms with Gasteiger partial charge in [-0.1, -0.05) is 72.5 Å². The van der Waals surface area contributed by atoms with Gasteiger partial charge in [0.05, 0.1) is 0 Å². The number of benzene rings is 3. The van der Waals surface area contributed by atoms with Gasteiger partial charge < -0.3 is 18.9 Å². The second kappa shape index (κ2) is 13.4. The summed E-state index contributed by atoms with van der Waals surface area (Å²) in [6, 6.07) is 25.7. The first-order valence-corrected chi connectivity index (χ1v) is 12.9. The molecule has 3 aromatic rings. The SMILES string of the molecule is CC(C)(C)OC(=O)OC(C#Cc1ccccc1)c1ccccc1C(C#Cc1ccccc1)OC(=O)OC(C)(C)C. The first-order valence-electron chi connectivity index (χ1n) is 12.9. The predicted octanol–water partition coefficient (Wildman–Crippen LogP) is 7.78. The highest BCUT2D eigenvalue weighted by atomic mass is 16.7. The Bertz CT molecular complexity index is 1300. The average molecular weight is 539 g/mol. The summed E-state index contributed by atoms with van der Waals surface area (Å²) >= 11 is 0. The highest BCUT2D eigenvalue weighted by molar-refractivity contribution is 5.63. The Morgan fingerprint density at radius 1 is 0.550 bits per heavy atom. The third-order valence-corrected chi connectivity index (χ3v) is 5.01. The molecule has 0 N–H and O–H groups in total. The maximum Gasteiger partial charge on any atom is 0.510 e. The number of carbonyl (C=O) groups is 2. The number of carbonyl (C=O) groups excluding carboxylic acids is 2. The summed E-state index contributed by atoms with van der Waals surface area (Å²) in [5, 5.41) is 0. The minimum Gasteiger partial charge on any atom is -0.429 e. The molecule has 206 valence electrons. The molecule has 3 aromatic carbocycles. The molecule has 0 radical (unpaired) electrons. The molecule has 2 atom stereocenters. The normalized spacial score (nSPS) is 12.3. The standard InChI is InChI=1S/C34H34O6/c1-33(2,3)39-31(35)37-29(23-21-25-15-9-7-10-16-25)27-19-13-14-20-28(27)30(38-32(36)40-34(4,5)6)24-22-26-17-11-8-12-18-26/h7-20,29-30H,1-6H3. The molecule has 0 aliphatic rings. The van der Waals surface area contributed by atoms with Gasteiger partial charge >= 0.3 is 12.3 Å². The Labute approximate surface area is 236 Å². The van der Waals surface area contributed by atoms with E-state index in [1.165, 1.54) is 0 Å². The van der Waals surface area contributed by atoms with Gasteiger partial charge in [-0.3, -0.25) is 0 Å². The zero-order valence-corrected chi connectivity index (χ0v) is 23.7. The molecule has 6 heteroatoms. The van der Waals surface area contributed by atoms with E-state index in [1.807, 2.05) is 60.7 Å². The third-order valence-electron chi connectivity index (χ3n) is 5.01. The van der Waals surface area contributed by atoms with Crippen molar-refractivity contribution in [2.45, 2.75) is 65.0 Å². The van der Waals surface area contributed by atoms with Gasteiger partial charge in [0.2, 0.25) is 0 Å². The zero-order valence-electron chi connectivity index (χ0n) is 23.7. The molecular weight excluding hydrogens is 504 g/mol. The molecule has 40 heavy (non-hydrogen) atoms. The lowest BCUT2D eigenvalue weighted by Gasteiger charge is -2.24. The van der Waals surface area contributed by atoms with Crippen molar-refractivity contribution in [1.29, 1.82) is 0 Å². The van der Waals surface area contributed by atoms with Crippen LogP contribution in [0.25, 0.3) is 0 Å². The van der Waals surface area contributed by atoms with E-state index in [9.17, 15) is 9.59 Å². The van der Waals surface area contributed by atoms with E-state index >= 15 is 0 Å². The van der Waals surface area contributed by atoms with Crippen LogP contribution in [0.3, 0.4) is 0 Å². The topological polar surface area (TPSA) is 71.1 Å². The van der Waals surface area contributed by atoms with E-state index in [-0.39, 0.29) is 0 Å². The lowest BCUT2D eigenvalue weighted by Crippen LogP contribution is -2.26. The minimum absolute atomic E-state index is 0.493. The predicted molar refractivity (Wildman–Crippen MR) is 153 cm³/mol. The first-order chi connectivity index (χ1) is 18.9. The number of hydrogen-bond acceptors (Lipinski definition) is 6. The van der Waals surface area contributed by atoms with Crippen LogP contribution in [0, 0.1) is 23.7 Å². The molecule has 6 nitrogen and oxygen atoms in total. The molecule has 0 aliphatic carbocycles. The summed E-state index contributed by atoms with van der Waals surface area (Å²) in [6.45, 7) is 10.5. The Kier molecular flexibility index (Phi) is 10.0. The van der Waals surface area contributed by atoms with Crippen molar-refractivity contribution in [3.63, 3.8) is 0 Å². The summed E-state index contributed by atoms with van der Waals surface area (Å²) in [4.78, 5) is 25.5. The number of ether oxygens (including phenoxy) is 4. The lowest BCUT2D eigenvalue weighted by atomic mass is 9.97. The van der Waals surface area contributed by atoms with E-state index in [0.717, 1.165) is 11.1 Å². The molecule has 0 saturated heterocycles. The number of rotatable bonds is 4. The van der Waals surface area contributed by atoms with Crippen LogP contribution >= 0.6 is 0 Å². The average Bonchev–Trinajstić information content (AvgIpc) is 2.88. The fourth-order valence-corrected chi connectivity index (χ4v) is 3.41. The van der Waals surface area contributed by atoms with Crippen LogP contribution in [0.4, 0.5) is 9.59 Å². The smallest absolute Gasteiger partial charge is 0.429 e. The van der Waals surface area contributed by atoms with Crippen molar-refractivity contribution in [2.75, 3.05) is 0 Å². The zero-order chi connectivity index (χ0) is 29.2. The molecule has 3 rings (SSSR count). The van der Waals surface area contributed by atoms with Gasteiger partial charge in [-0.2, -0.15) is 0 Å². The lowest BCUT2D eigenvalue weighted by molar-refractivity contribution is -0.0222. The van der Waals surface area contributed by atoms with E-state index in [0.29, 0.717) is 11.1 Å². The Morgan fingerprint density at radius 3 is 1.20 bits per heavy atom. The van der Waals surface area contributed by atoms with Crippen molar-refractivity contribution >= 4 is 12.3 Å². The maximum atomic E-state index is 12.7. The summed E-state index contributed by atoms with van der Waals surface area (Å²) in [7, 11) is 0. The van der Waals surface area contributed by atoms with Crippen LogP contribution in [-0.4, -0.2) is 23.5 Å². The van der Waals surface area contributed by atoms with Crippen LogP contribution in [0.1, 0.15) is 76.0 Å². The van der Waals surface area contributed by atoms with Crippen molar-refractivity contribution in [3.8, 4) is 23.7 Å². The van der Waals surface area contributed by atoms with E-state index in [2.05, 4.69) is 23.7 Å². The minimum atomic E-state index is -1.05. The van der Waals surface area contributed by atoms with Gasteiger partial charge in [-0.25, -0.2) is 9.59 Å². The summed E-state index contributed by atoms with van der Waals surface area (Å²) in [6.07, 6.45) is -3.85. The van der Waals surface area contributed by atoms with E-state index in [4.69, 9.17) is 18.9 Å². The van der Waals surface area contributed by atoms with Crippen molar-refractivity contribution in [2.24, 2.45) is 0 Å².